The van der Waals surface area contributed by atoms with E-state index in [2.05, 4.69) is 31.9 Å². The summed E-state index contributed by atoms with van der Waals surface area (Å²) in [5.74, 6) is 0.350. The largest absolute Gasteiger partial charge is 0.506 e. The van der Waals surface area contributed by atoms with Crippen molar-refractivity contribution in [3.05, 3.63) is 26.6 Å². The third-order valence-electron chi connectivity index (χ3n) is 7.00. The van der Waals surface area contributed by atoms with Gasteiger partial charge in [0, 0.05) is 38.5 Å². The zero-order chi connectivity index (χ0) is 24.1. The van der Waals surface area contributed by atoms with Crippen molar-refractivity contribution in [3.8, 4) is 5.75 Å². The van der Waals surface area contributed by atoms with E-state index in [9.17, 15) is 19.5 Å². The number of benzene rings is 1. The summed E-state index contributed by atoms with van der Waals surface area (Å²) >= 11 is 6.70. The van der Waals surface area contributed by atoms with Crippen molar-refractivity contribution in [3.63, 3.8) is 0 Å². The number of phenols is 1. The van der Waals surface area contributed by atoms with Crippen LogP contribution in [0, 0.1) is 17.8 Å². The van der Waals surface area contributed by atoms with Crippen molar-refractivity contribution in [2.24, 2.45) is 17.8 Å². The number of carbonyl (C=O) groups is 3. The fourth-order valence-corrected chi connectivity index (χ4v) is 6.35. The van der Waals surface area contributed by atoms with Gasteiger partial charge in [0.15, 0.2) is 0 Å². The first kappa shape index (κ1) is 26.0. The van der Waals surface area contributed by atoms with Gasteiger partial charge in [-0.1, -0.05) is 6.92 Å². The molecule has 1 atom stereocenters. The molecule has 1 aromatic carbocycles. The van der Waals surface area contributed by atoms with Gasteiger partial charge in [-0.2, -0.15) is 0 Å². The Labute approximate surface area is 211 Å². The minimum atomic E-state index is -0.933. The lowest BCUT2D eigenvalue weighted by Gasteiger charge is -2.40. The number of amides is 2. The van der Waals surface area contributed by atoms with Gasteiger partial charge >= 0.3 is 5.97 Å². The second-order valence-corrected chi connectivity index (χ2v) is 11.0. The second-order valence-electron chi connectivity index (χ2n) is 9.29. The zero-order valence-electron chi connectivity index (χ0n) is 18.9. The first-order valence-electron chi connectivity index (χ1n) is 11.6. The molecule has 2 N–H and O–H groups in total. The van der Waals surface area contributed by atoms with Crippen LogP contribution in [0.1, 0.15) is 51.0 Å². The lowest BCUT2D eigenvalue weighted by Crippen LogP contribution is -2.45. The lowest BCUT2D eigenvalue weighted by atomic mass is 9.78. The van der Waals surface area contributed by atoms with E-state index >= 15 is 0 Å². The van der Waals surface area contributed by atoms with E-state index < -0.39 is 5.97 Å². The van der Waals surface area contributed by atoms with E-state index in [1.807, 2.05) is 24.0 Å². The molecule has 3 rings (SSSR count). The second kappa shape index (κ2) is 11.7. The van der Waals surface area contributed by atoms with Crippen molar-refractivity contribution >= 4 is 49.6 Å². The van der Waals surface area contributed by atoms with Crippen LogP contribution < -0.4 is 0 Å². The first-order valence-corrected chi connectivity index (χ1v) is 13.2. The molecule has 0 saturated carbocycles. The summed E-state index contributed by atoms with van der Waals surface area (Å²) in [5, 5.41) is 18.6. The Hall–Kier alpha value is -1.61. The van der Waals surface area contributed by atoms with Crippen molar-refractivity contribution in [1.29, 1.82) is 0 Å². The van der Waals surface area contributed by atoms with Crippen LogP contribution in [0.5, 0.6) is 5.75 Å². The van der Waals surface area contributed by atoms with E-state index in [0.717, 1.165) is 44.3 Å². The topological polar surface area (TPSA) is 98.2 Å². The van der Waals surface area contributed by atoms with Gasteiger partial charge in [-0.25, -0.2) is 0 Å². The standard InChI is InChI=1S/C24H32Br2N2O5/c1-15(12-16-13-19(25)23(32)20(26)14-16)24(33)28-10-6-18(7-11-28)17-4-8-27(9-5-17)21(29)2-3-22(30)31/h13-15,17-18,32H,2-12H2,1H3,(H,30,31)/t15-/m1/s1. The predicted molar refractivity (Wildman–Crippen MR) is 132 cm³/mol. The zero-order valence-corrected chi connectivity index (χ0v) is 22.1. The van der Waals surface area contributed by atoms with Crippen molar-refractivity contribution in [2.45, 2.75) is 51.9 Å². The number of rotatable bonds is 7. The summed E-state index contributed by atoms with van der Waals surface area (Å²) in [4.78, 5) is 39.6. The van der Waals surface area contributed by atoms with Crippen LogP contribution in [0.3, 0.4) is 0 Å². The number of aromatic hydroxyl groups is 1. The molecule has 1 aromatic rings. The van der Waals surface area contributed by atoms with Gasteiger partial charge in [0.1, 0.15) is 5.75 Å². The number of nitrogens with zero attached hydrogens (tertiary/aromatic N) is 2. The SMILES string of the molecule is C[C@H](Cc1cc(Br)c(O)c(Br)c1)C(=O)N1CCC(C2CCN(C(=O)CCC(=O)O)CC2)CC1. The average molecular weight is 588 g/mol. The predicted octanol–water partition coefficient (Wildman–Crippen LogP) is 4.44. The Kier molecular flexibility index (Phi) is 9.21. The fraction of sp³-hybridized carbons (Fsp3) is 0.625. The molecule has 2 fully saturated rings. The molecule has 0 aromatic heterocycles. The number of halogens is 2. The summed E-state index contributed by atoms with van der Waals surface area (Å²) in [7, 11) is 0. The highest BCUT2D eigenvalue weighted by molar-refractivity contribution is 9.11. The highest BCUT2D eigenvalue weighted by Gasteiger charge is 2.33. The molecule has 2 heterocycles. The molecule has 2 aliphatic rings. The molecule has 9 heteroatoms. The fourth-order valence-electron chi connectivity index (χ4n) is 5.07. The van der Waals surface area contributed by atoms with E-state index in [1.165, 1.54) is 0 Å². The normalized spacial score (nSPS) is 18.9. The smallest absolute Gasteiger partial charge is 0.303 e. The number of aliphatic carboxylic acids is 1. The molecule has 0 bridgehead atoms. The Bertz CT molecular complexity index is 855. The molecular formula is C24H32Br2N2O5. The number of hydrogen-bond acceptors (Lipinski definition) is 4. The van der Waals surface area contributed by atoms with E-state index in [4.69, 9.17) is 5.11 Å². The molecule has 7 nitrogen and oxygen atoms in total. The minimum absolute atomic E-state index is 0.0575. The molecular weight excluding hydrogens is 556 g/mol. The Morgan fingerprint density at radius 3 is 1.91 bits per heavy atom. The number of carboxylic acids is 1. The number of hydrogen-bond donors (Lipinski definition) is 2. The highest BCUT2D eigenvalue weighted by Crippen LogP contribution is 2.35. The Balaban J connectivity index is 1.43. The number of piperidine rings is 2. The number of phenolic OH excluding ortho intramolecular Hbond substituents is 1. The van der Waals surface area contributed by atoms with Gasteiger partial charge in [0.2, 0.25) is 11.8 Å². The van der Waals surface area contributed by atoms with E-state index in [1.54, 1.807) is 4.90 Å². The number of carboxylic acid groups (broad SMARTS) is 1. The maximum atomic E-state index is 13.0. The summed E-state index contributed by atoms with van der Waals surface area (Å²) in [6.45, 7) is 4.91. The molecule has 2 amide bonds. The van der Waals surface area contributed by atoms with Crippen LogP contribution in [-0.2, 0) is 20.8 Å². The summed E-state index contributed by atoms with van der Waals surface area (Å²) in [6, 6.07) is 3.71. The third-order valence-corrected chi connectivity index (χ3v) is 8.21. The van der Waals surface area contributed by atoms with Gasteiger partial charge in [-0.15, -0.1) is 0 Å². The molecule has 182 valence electrons. The van der Waals surface area contributed by atoms with Crippen LogP contribution in [0.2, 0.25) is 0 Å². The van der Waals surface area contributed by atoms with Crippen LogP contribution in [0.4, 0.5) is 0 Å². The van der Waals surface area contributed by atoms with Crippen molar-refractivity contribution in [2.75, 3.05) is 26.2 Å². The molecule has 2 aliphatic heterocycles. The molecule has 33 heavy (non-hydrogen) atoms. The van der Waals surface area contributed by atoms with E-state index in [0.29, 0.717) is 40.3 Å². The van der Waals surface area contributed by atoms with Gasteiger partial charge < -0.3 is 20.0 Å². The molecule has 2 saturated heterocycles. The van der Waals surface area contributed by atoms with Crippen LogP contribution in [-0.4, -0.2) is 64.0 Å². The molecule has 0 spiro atoms. The first-order chi connectivity index (χ1) is 15.7. The van der Waals surface area contributed by atoms with Crippen LogP contribution >= 0.6 is 31.9 Å². The monoisotopic (exact) mass is 586 g/mol. The quantitative estimate of drug-likeness (QED) is 0.491. The van der Waals surface area contributed by atoms with Crippen molar-refractivity contribution < 1.29 is 24.6 Å². The van der Waals surface area contributed by atoms with E-state index in [-0.39, 0.29) is 36.3 Å². The lowest BCUT2D eigenvalue weighted by molar-refractivity contribution is -0.141. The molecule has 0 unspecified atom stereocenters. The van der Waals surface area contributed by atoms with Crippen LogP contribution in [0.15, 0.2) is 21.1 Å². The molecule has 0 aliphatic carbocycles. The molecule has 0 radical (unpaired) electrons. The maximum Gasteiger partial charge on any atom is 0.303 e. The Morgan fingerprint density at radius 1 is 0.939 bits per heavy atom. The number of carbonyl (C=O) groups excluding carboxylic acids is 2. The summed E-state index contributed by atoms with van der Waals surface area (Å²) in [6.07, 6.45) is 4.49. The van der Waals surface area contributed by atoms with Crippen LogP contribution in [0.25, 0.3) is 0 Å². The third kappa shape index (κ3) is 6.94. The highest BCUT2D eigenvalue weighted by atomic mass is 79.9. The summed E-state index contributed by atoms with van der Waals surface area (Å²) < 4.78 is 1.23. The number of likely N-dealkylation sites (tertiary alicyclic amines) is 2. The summed E-state index contributed by atoms with van der Waals surface area (Å²) in [5.41, 5.74) is 0.993. The van der Waals surface area contributed by atoms with Gasteiger partial charge in [0.05, 0.1) is 15.4 Å². The average Bonchev–Trinajstić information content (AvgIpc) is 2.80. The van der Waals surface area contributed by atoms with Gasteiger partial charge in [-0.05, 0) is 93.5 Å². The van der Waals surface area contributed by atoms with Crippen molar-refractivity contribution in [1.82, 2.24) is 9.80 Å². The van der Waals surface area contributed by atoms with Gasteiger partial charge in [0.25, 0.3) is 0 Å². The minimum Gasteiger partial charge on any atom is -0.506 e. The maximum absolute atomic E-state index is 13.0. The Morgan fingerprint density at radius 2 is 1.42 bits per heavy atom. The van der Waals surface area contributed by atoms with Gasteiger partial charge in [-0.3, -0.25) is 14.4 Å².